The summed E-state index contributed by atoms with van der Waals surface area (Å²) in [6.45, 7) is 3.70. The van der Waals surface area contributed by atoms with Gasteiger partial charge in [0.05, 0.1) is 0 Å². The van der Waals surface area contributed by atoms with Crippen molar-refractivity contribution in [2.45, 2.75) is 25.8 Å². The number of carbonyl (C=O) groups is 2. The molecule has 0 aromatic heterocycles. The van der Waals surface area contributed by atoms with Gasteiger partial charge in [0.25, 0.3) is 0 Å². The Hall–Kier alpha value is -1.10. The molecule has 0 aromatic rings. The van der Waals surface area contributed by atoms with Gasteiger partial charge in [-0.05, 0) is 25.3 Å². The Labute approximate surface area is 95.8 Å². The molecule has 0 radical (unpaired) electrons. The van der Waals surface area contributed by atoms with E-state index in [1.807, 2.05) is 0 Å². The monoisotopic (exact) mass is 225 g/mol. The van der Waals surface area contributed by atoms with Crippen molar-refractivity contribution >= 4 is 11.9 Å². The number of rotatable bonds is 5. The standard InChI is InChI=1S/C11H19N3O2/c1-8(5-12-9-3-4-9)6-14-10(15)7-13(2)11(14)16/h8-9,12H,3-7H2,1-2H3. The van der Waals surface area contributed by atoms with Gasteiger partial charge in [0.15, 0.2) is 0 Å². The van der Waals surface area contributed by atoms with Crippen molar-refractivity contribution in [1.82, 2.24) is 15.1 Å². The Bertz CT molecular complexity index is 302. The number of hydrogen-bond donors (Lipinski definition) is 1. The van der Waals surface area contributed by atoms with Crippen molar-refractivity contribution < 1.29 is 9.59 Å². The van der Waals surface area contributed by atoms with Crippen LogP contribution < -0.4 is 5.32 Å². The van der Waals surface area contributed by atoms with Crippen LogP contribution in [0.2, 0.25) is 0 Å². The Balaban J connectivity index is 1.78. The number of urea groups is 1. The molecule has 1 unspecified atom stereocenters. The molecule has 90 valence electrons. The van der Waals surface area contributed by atoms with Crippen LogP contribution in [-0.2, 0) is 4.79 Å². The molecular weight excluding hydrogens is 206 g/mol. The number of nitrogens with one attached hydrogen (secondary N) is 1. The van der Waals surface area contributed by atoms with E-state index in [-0.39, 0.29) is 18.5 Å². The lowest BCUT2D eigenvalue weighted by atomic mass is 10.1. The fourth-order valence-corrected chi connectivity index (χ4v) is 1.88. The van der Waals surface area contributed by atoms with Gasteiger partial charge in [-0.15, -0.1) is 0 Å². The average molecular weight is 225 g/mol. The fourth-order valence-electron chi connectivity index (χ4n) is 1.88. The summed E-state index contributed by atoms with van der Waals surface area (Å²) in [5.41, 5.74) is 0. The number of hydrogen-bond acceptors (Lipinski definition) is 3. The van der Waals surface area contributed by atoms with Gasteiger partial charge in [-0.1, -0.05) is 6.92 Å². The van der Waals surface area contributed by atoms with Crippen molar-refractivity contribution in [3.8, 4) is 0 Å². The third-order valence-electron chi connectivity index (χ3n) is 3.06. The normalized spacial score (nSPS) is 23.1. The third-order valence-corrected chi connectivity index (χ3v) is 3.06. The summed E-state index contributed by atoms with van der Waals surface area (Å²) in [4.78, 5) is 26.0. The molecule has 0 aromatic carbocycles. The van der Waals surface area contributed by atoms with Crippen molar-refractivity contribution in [2.75, 3.05) is 26.7 Å². The highest BCUT2D eigenvalue weighted by Gasteiger charge is 2.34. The van der Waals surface area contributed by atoms with Crippen molar-refractivity contribution in [3.63, 3.8) is 0 Å². The minimum Gasteiger partial charge on any atom is -0.318 e. The van der Waals surface area contributed by atoms with Crippen LogP contribution in [0.5, 0.6) is 0 Å². The topological polar surface area (TPSA) is 52.7 Å². The average Bonchev–Trinajstić information content (AvgIpc) is 3.01. The molecule has 1 N–H and O–H groups in total. The first-order chi connectivity index (χ1) is 7.58. The van der Waals surface area contributed by atoms with E-state index in [2.05, 4.69) is 12.2 Å². The zero-order valence-corrected chi connectivity index (χ0v) is 9.90. The summed E-state index contributed by atoms with van der Waals surface area (Å²) in [5, 5.41) is 3.41. The maximum Gasteiger partial charge on any atom is 0.326 e. The molecule has 1 saturated heterocycles. The first-order valence-electron chi connectivity index (χ1n) is 5.86. The predicted molar refractivity (Wildman–Crippen MR) is 59.9 cm³/mol. The van der Waals surface area contributed by atoms with Gasteiger partial charge in [0.1, 0.15) is 6.54 Å². The summed E-state index contributed by atoms with van der Waals surface area (Å²) in [7, 11) is 1.66. The number of carbonyl (C=O) groups excluding carboxylic acids is 2. The van der Waals surface area contributed by atoms with E-state index in [0.717, 1.165) is 6.54 Å². The first-order valence-corrected chi connectivity index (χ1v) is 5.86. The molecule has 1 aliphatic carbocycles. The SMILES string of the molecule is CC(CNC1CC1)CN1C(=O)CN(C)C1=O. The zero-order chi connectivity index (χ0) is 11.7. The molecule has 5 nitrogen and oxygen atoms in total. The second-order valence-electron chi connectivity index (χ2n) is 4.93. The van der Waals surface area contributed by atoms with Crippen molar-refractivity contribution in [2.24, 2.45) is 5.92 Å². The van der Waals surface area contributed by atoms with Crippen LogP contribution in [0.3, 0.4) is 0 Å². The van der Waals surface area contributed by atoms with Gasteiger partial charge < -0.3 is 10.2 Å². The van der Waals surface area contributed by atoms with Crippen LogP contribution in [0, 0.1) is 5.92 Å². The molecule has 0 bridgehead atoms. The van der Waals surface area contributed by atoms with E-state index >= 15 is 0 Å². The van der Waals surface area contributed by atoms with Crippen LogP contribution in [0.4, 0.5) is 4.79 Å². The smallest absolute Gasteiger partial charge is 0.318 e. The van der Waals surface area contributed by atoms with E-state index in [4.69, 9.17) is 0 Å². The molecule has 1 aliphatic heterocycles. The molecule has 1 atom stereocenters. The molecule has 2 aliphatic rings. The molecule has 1 saturated carbocycles. The summed E-state index contributed by atoms with van der Waals surface area (Å²) in [6, 6.07) is 0.512. The van der Waals surface area contributed by atoms with Crippen LogP contribution in [0.1, 0.15) is 19.8 Å². The summed E-state index contributed by atoms with van der Waals surface area (Å²) in [6.07, 6.45) is 2.52. The highest BCUT2D eigenvalue weighted by Crippen LogP contribution is 2.19. The lowest BCUT2D eigenvalue weighted by Gasteiger charge is -2.19. The molecule has 0 spiro atoms. The molecule has 1 heterocycles. The fraction of sp³-hybridized carbons (Fsp3) is 0.818. The van der Waals surface area contributed by atoms with E-state index in [1.54, 1.807) is 7.05 Å². The Morgan fingerprint density at radius 1 is 1.44 bits per heavy atom. The van der Waals surface area contributed by atoms with Crippen LogP contribution in [-0.4, -0.2) is 54.5 Å². The molecule has 2 fully saturated rings. The zero-order valence-electron chi connectivity index (χ0n) is 9.90. The first kappa shape index (κ1) is 11.4. The Kier molecular flexibility index (Phi) is 3.14. The van der Waals surface area contributed by atoms with E-state index < -0.39 is 0 Å². The van der Waals surface area contributed by atoms with Crippen LogP contribution in [0.15, 0.2) is 0 Å². The molecule has 2 rings (SSSR count). The van der Waals surface area contributed by atoms with Gasteiger partial charge >= 0.3 is 6.03 Å². The number of amides is 3. The quantitative estimate of drug-likeness (QED) is 0.683. The highest BCUT2D eigenvalue weighted by molar-refractivity contribution is 6.01. The molecule has 16 heavy (non-hydrogen) atoms. The minimum atomic E-state index is -0.164. The van der Waals surface area contributed by atoms with Crippen molar-refractivity contribution in [3.05, 3.63) is 0 Å². The number of nitrogens with zero attached hydrogens (tertiary/aromatic N) is 2. The van der Waals surface area contributed by atoms with E-state index in [1.165, 1.54) is 22.6 Å². The lowest BCUT2D eigenvalue weighted by Crippen LogP contribution is -2.38. The summed E-state index contributed by atoms with van der Waals surface area (Å²) in [5.74, 6) is 0.241. The van der Waals surface area contributed by atoms with Crippen molar-refractivity contribution in [1.29, 1.82) is 0 Å². The largest absolute Gasteiger partial charge is 0.326 e. The predicted octanol–water partition coefficient (Wildman–Crippen LogP) is 0.269. The van der Waals surface area contributed by atoms with Crippen LogP contribution >= 0.6 is 0 Å². The summed E-state index contributed by atoms with van der Waals surface area (Å²) >= 11 is 0. The Morgan fingerprint density at radius 3 is 2.62 bits per heavy atom. The van der Waals surface area contributed by atoms with Gasteiger partial charge in [-0.25, -0.2) is 4.79 Å². The Morgan fingerprint density at radius 2 is 2.12 bits per heavy atom. The van der Waals surface area contributed by atoms with Gasteiger partial charge in [-0.3, -0.25) is 9.69 Å². The maximum atomic E-state index is 11.6. The van der Waals surface area contributed by atoms with Gasteiger partial charge in [-0.2, -0.15) is 0 Å². The molecule has 3 amide bonds. The third kappa shape index (κ3) is 2.52. The molecular formula is C11H19N3O2. The van der Waals surface area contributed by atoms with E-state index in [9.17, 15) is 9.59 Å². The van der Waals surface area contributed by atoms with Gasteiger partial charge in [0.2, 0.25) is 5.91 Å². The summed E-state index contributed by atoms with van der Waals surface area (Å²) < 4.78 is 0. The van der Waals surface area contributed by atoms with Gasteiger partial charge in [0, 0.05) is 19.6 Å². The highest BCUT2D eigenvalue weighted by atomic mass is 16.2. The lowest BCUT2D eigenvalue weighted by molar-refractivity contribution is -0.125. The number of imide groups is 1. The molecule has 5 heteroatoms. The second-order valence-corrected chi connectivity index (χ2v) is 4.93. The minimum absolute atomic E-state index is 0.0780. The van der Waals surface area contributed by atoms with E-state index in [0.29, 0.717) is 18.5 Å². The second kappa shape index (κ2) is 4.41. The number of likely N-dealkylation sites (N-methyl/N-ethyl adjacent to an activating group) is 1. The van der Waals surface area contributed by atoms with Crippen LogP contribution in [0.25, 0.3) is 0 Å². The maximum absolute atomic E-state index is 11.6.